The summed E-state index contributed by atoms with van der Waals surface area (Å²) in [7, 11) is 0. The summed E-state index contributed by atoms with van der Waals surface area (Å²) in [6.07, 6.45) is 0. The van der Waals surface area contributed by atoms with E-state index in [1.54, 1.807) is 6.07 Å². The van der Waals surface area contributed by atoms with Crippen LogP contribution in [0.5, 0.6) is 0 Å². The third kappa shape index (κ3) is 3.38. The zero-order valence-corrected chi connectivity index (χ0v) is 11.5. The molecule has 0 aliphatic rings. The molecule has 0 radical (unpaired) electrons. The van der Waals surface area contributed by atoms with Gasteiger partial charge in [-0.25, -0.2) is 4.39 Å². The summed E-state index contributed by atoms with van der Waals surface area (Å²) in [5.74, 6) is -0.271. The smallest absolute Gasteiger partial charge is 0.123 e. The lowest BCUT2D eigenvalue weighted by atomic mass is 10.2. The molecule has 0 aromatic heterocycles. The number of halogens is 2. The van der Waals surface area contributed by atoms with Crippen LogP contribution in [0.15, 0.2) is 42.5 Å². The van der Waals surface area contributed by atoms with Crippen LogP contribution in [0.4, 0.5) is 15.8 Å². The van der Waals surface area contributed by atoms with Gasteiger partial charge in [0.2, 0.25) is 0 Å². The highest BCUT2D eigenvalue weighted by atomic mass is 35.5. The van der Waals surface area contributed by atoms with E-state index in [-0.39, 0.29) is 5.82 Å². The normalized spacial score (nSPS) is 10.5. The average molecular weight is 279 g/mol. The summed E-state index contributed by atoms with van der Waals surface area (Å²) in [6.45, 7) is 3.41. The molecule has 2 aromatic carbocycles. The fourth-order valence-corrected chi connectivity index (χ4v) is 2.12. The largest absolute Gasteiger partial charge is 0.399 e. The van der Waals surface area contributed by atoms with E-state index in [9.17, 15) is 4.39 Å². The van der Waals surface area contributed by atoms with Crippen molar-refractivity contribution in [3.8, 4) is 0 Å². The average Bonchev–Trinajstić information content (AvgIpc) is 2.41. The van der Waals surface area contributed by atoms with Crippen molar-refractivity contribution in [3.63, 3.8) is 0 Å². The third-order valence-electron chi connectivity index (χ3n) is 3.01. The van der Waals surface area contributed by atoms with Crippen molar-refractivity contribution < 1.29 is 4.39 Å². The summed E-state index contributed by atoms with van der Waals surface area (Å²) in [5, 5.41) is 0.579. The lowest BCUT2D eigenvalue weighted by Gasteiger charge is -2.24. The van der Waals surface area contributed by atoms with Crippen molar-refractivity contribution in [2.75, 3.05) is 17.2 Å². The summed E-state index contributed by atoms with van der Waals surface area (Å²) < 4.78 is 13.3. The highest BCUT2D eigenvalue weighted by molar-refractivity contribution is 6.31. The predicted molar refractivity (Wildman–Crippen MR) is 79.0 cm³/mol. The molecule has 0 aliphatic carbocycles. The first-order valence-electron chi connectivity index (χ1n) is 6.14. The number of benzene rings is 2. The Balaban J connectivity index is 2.23. The van der Waals surface area contributed by atoms with E-state index in [2.05, 4.69) is 4.90 Å². The van der Waals surface area contributed by atoms with Gasteiger partial charge in [-0.1, -0.05) is 11.6 Å². The van der Waals surface area contributed by atoms with Crippen molar-refractivity contribution in [1.29, 1.82) is 0 Å². The van der Waals surface area contributed by atoms with Gasteiger partial charge in [0.05, 0.1) is 0 Å². The second-order valence-corrected chi connectivity index (χ2v) is 4.75. The Morgan fingerprint density at radius 1 is 1.16 bits per heavy atom. The van der Waals surface area contributed by atoms with E-state index < -0.39 is 0 Å². The minimum absolute atomic E-state index is 0.271. The van der Waals surface area contributed by atoms with Crippen molar-refractivity contribution >= 4 is 23.0 Å². The number of rotatable bonds is 4. The number of nitrogens with two attached hydrogens (primary N) is 1. The van der Waals surface area contributed by atoms with Crippen LogP contribution in [-0.2, 0) is 6.54 Å². The number of hydrogen-bond donors (Lipinski definition) is 1. The van der Waals surface area contributed by atoms with Crippen molar-refractivity contribution in [3.05, 3.63) is 58.9 Å². The molecule has 100 valence electrons. The van der Waals surface area contributed by atoms with Gasteiger partial charge in [-0.15, -0.1) is 0 Å². The van der Waals surface area contributed by atoms with E-state index in [0.717, 1.165) is 23.5 Å². The molecule has 2 N–H and O–H groups in total. The van der Waals surface area contributed by atoms with Crippen LogP contribution in [0.1, 0.15) is 12.5 Å². The molecule has 0 fully saturated rings. The Hall–Kier alpha value is -1.74. The van der Waals surface area contributed by atoms with Gasteiger partial charge in [-0.3, -0.25) is 0 Å². The van der Waals surface area contributed by atoms with Crippen LogP contribution in [-0.4, -0.2) is 6.54 Å². The van der Waals surface area contributed by atoms with Gasteiger partial charge in [-0.2, -0.15) is 0 Å². The lowest BCUT2D eigenvalue weighted by molar-refractivity contribution is 0.624. The Kier molecular flexibility index (Phi) is 4.27. The molecule has 2 rings (SSSR count). The van der Waals surface area contributed by atoms with E-state index in [4.69, 9.17) is 17.3 Å². The molecule has 4 heteroatoms. The fraction of sp³-hybridized carbons (Fsp3) is 0.200. The molecule has 0 saturated heterocycles. The number of nitrogen functional groups attached to an aromatic ring is 1. The lowest BCUT2D eigenvalue weighted by Crippen LogP contribution is -2.22. The molecular weight excluding hydrogens is 263 g/mol. The zero-order valence-electron chi connectivity index (χ0n) is 10.7. The van der Waals surface area contributed by atoms with Crippen LogP contribution >= 0.6 is 11.6 Å². The molecule has 2 aromatic rings. The highest BCUT2D eigenvalue weighted by Crippen LogP contribution is 2.23. The molecule has 0 saturated carbocycles. The standard InChI is InChI=1S/C15H16ClFN2/c1-2-19(14-6-4-13(18)5-7-14)10-11-9-12(17)3-8-15(11)16/h3-9H,2,10,18H2,1H3. The summed E-state index contributed by atoms with van der Waals surface area (Å²) in [5.41, 5.74) is 8.22. The molecule has 0 unspecified atom stereocenters. The molecule has 0 bridgehead atoms. The van der Waals surface area contributed by atoms with Crippen LogP contribution in [0.3, 0.4) is 0 Å². The fourth-order valence-electron chi connectivity index (χ4n) is 1.94. The Morgan fingerprint density at radius 2 is 1.84 bits per heavy atom. The first kappa shape index (κ1) is 13.7. The molecule has 0 heterocycles. The summed E-state index contributed by atoms with van der Waals surface area (Å²) in [4.78, 5) is 2.11. The number of anilines is 2. The third-order valence-corrected chi connectivity index (χ3v) is 3.38. The van der Waals surface area contributed by atoms with Crippen LogP contribution < -0.4 is 10.6 Å². The molecule has 0 amide bonds. The van der Waals surface area contributed by atoms with E-state index >= 15 is 0 Å². The second kappa shape index (κ2) is 5.93. The van der Waals surface area contributed by atoms with Gasteiger partial charge in [0.25, 0.3) is 0 Å². The van der Waals surface area contributed by atoms with Crippen molar-refractivity contribution in [2.24, 2.45) is 0 Å². The maximum Gasteiger partial charge on any atom is 0.123 e. The topological polar surface area (TPSA) is 29.3 Å². The molecule has 19 heavy (non-hydrogen) atoms. The predicted octanol–water partition coefficient (Wildman–Crippen LogP) is 4.09. The summed E-state index contributed by atoms with van der Waals surface area (Å²) >= 11 is 6.10. The summed E-state index contributed by atoms with van der Waals surface area (Å²) in [6, 6.07) is 12.0. The van der Waals surface area contributed by atoms with Crippen molar-refractivity contribution in [2.45, 2.75) is 13.5 Å². The van der Waals surface area contributed by atoms with Crippen LogP contribution in [0, 0.1) is 5.82 Å². The maximum absolute atomic E-state index is 13.3. The quantitative estimate of drug-likeness (QED) is 0.854. The maximum atomic E-state index is 13.3. The minimum Gasteiger partial charge on any atom is -0.399 e. The number of hydrogen-bond acceptors (Lipinski definition) is 2. The first-order valence-corrected chi connectivity index (χ1v) is 6.52. The van der Waals surface area contributed by atoms with Gasteiger partial charge < -0.3 is 10.6 Å². The van der Waals surface area contributed by atoms with Gasteiger partial charge >= 0.3 is 0 Å². The highest BCUT2D eigenvalue weighted by Gasteiger charge is 2.09. The Bertz CT molecular complexity index is 555. The van der Waals surface area contributed by atoms with E-state index in [1.165, 1.54) is 12.1 Å². The van der Waals surface area contributed by atoms with Crippen LogP contribution in [0.2, 0.25) is 5.02 Å². The molecule has 0 aliphatic heterocycles. The van der Waals surface area contributed by atoms with E-state index in [0.29, 0.717) is 11.6 Å². The Labute approximate surface area is 117 Å². The Morgan fingerprint density at radius 3 is 2.47 bits per heavy atom. The van der Waals surface area contributed by atoms with Gasteiger partial charge in [-0.05, 0) is 55.0 Å². The SMILES string of the molecule is CCN(Cc1cc(F)ccc1Cl)c1ccc(N)cc1. The molecule has 2 nitrogen and oxygen atoms in total. The molecule has 0 spiro atoms. The zero-order chi connectivity index (χ0) is 13.8. The second-order valence-electron chi connectivity index (χ2n) is 4.34. The van der Waals surface area contributed by atoms with Gasteiger partial charge in [0, 0.05) is 29.5 Å². The first-order chi connectivity index (χ1) is 9.10. The van der Waals surface area contributed by atoms with Gasteiger partial charge in [0.1, 0.15) is 5.82 Å². The van der Waals surface area contributed by atoms with Gasteiger partial charge in [0.15, 0.2) is 0 Å². The molecule has 0 atom stereocenters. The van der Waals surface area contributed by atoms with Crippen LogP contribution in [0.25, 0.3) is 0 Å². The van der Waals surface area contributed by atoms with Crippen molar-refractivity contribution in [1.82, 2.24) is 0 Å². The van der Waals surface area contributed by atoms with E-state index in [1.807, 2.05) is 31.2 Å². The monoisotopic (exact) mass is 278 g/mol. The minimum atomic E-state index is -0.271. The molecular formula is C15H16ClFN2. The number of nitrogens with zero attached hydrogens (tertiary/aromatic N) is 1.